The second-order valence-electron chi connectivity index (χ2n) is 12.1. The van der Waals surface area contributed by atoms with E-state index in [4.69, 9.17) is 0 Å². The molecule has 0 bridgehead atoms. The molecule has 0 aliphatic heterocycles. The van der Waals surface area contributed by atoms with E-state index in [-0.39, 0.29) is 23.9 Å². The highest BCUT2D eigenvalue weighted by Gasteiger charge is 2.41. The lowest BCUT2D eigenvalue weighted by molar-refractivity contribution is -0.121. The van der Waals surface area contributed by atoms with E-state index in [1.807, 2.05) is 36.4 Å². The van der Waals surface area contributed by atoms with E-state index in [1.54, 1.807) is 0 Å². The number of fused-ring (bicyclic) bond motifs is 1. The third kappa shape index (κ3) is 5.29. The van der Waals surface area contributed by atoms with Crippen LogP contribution >= 0.6 is 0 Å². The van der Waals surface area contributed by atoms with Gasteiger partial charge in [-0.25, -0.2) is 0 Å². The lowest BCUT2D eigenvalue weighted by Crippen LogP contribution is -2.49. The molecule has 4 nitrogen and oxygen atoms in total. The number of hydrogen-bond donors (Lipinski definition) is 3. The van der Waals surface area contributed by atoms with Crippen LogP contribution in [0.4, 0.5) is 5.69 Å². The minimum atomic E-state index is -0.671. The highest BCUT2D eigenvalue weighted by molar-refractivity contribution is 5.95. The molecular formula is C32H40N2O2. The van der Waals surface area contributed by atoms with E-state index in [2.05, 4.69) is 61.7 Å². The van der Waals surface area contributed by atoms with Crippen LogP contribution in [0.2, 0.25) is 0 Å². The number of rotatable bonds is 6. The van der Waals surface area contributed by atoms with Crippen molar-refractivity contribution in [2.45, 2.75) is 76.4 Å². The van der Waals surface area contributed by atoms with E-state index < -0.39 is 5.60 Å². The molecule has 0 aromatic heterocycles. The Labute approximate surface area is 215 Å². The summed E-state index contributed by atoms with van der Waals surface area (Å²) in [5.74, 6) is 1.38. The topological polar surface area (TPSA) is 61.4 Å². The molecule has 36 heavy (non-hydrogen) atoms. The van der Waals surface area contributed by atoms with Crippen molar-refractivity contribution >= 4 is 22.4 Å². The van der Waals surface area contributed by atoms with Gasteiger partial charge in [0.1, 0.15) is 0 Å². The Morgan fingerprint density at radius 1 is 0.944 bits per heavy atom. The summed E-state index contributed by atoms with van der Waals surface area (Å²) in [6.07, 6.45) is 5.92. The minimum Gasteiger partial charge on any atom is -0.385 e. The molecule has 190 valence electrons. The SMILES string of the molecule is CC(C)(C)c1ccc2cccc(NCC(=O)NC3CC(C4CCC(O)(c5ccccc5)CC4)C3)c2c1. The van der Waals surface area contributed by atoms with Crippen molar-refractivity contribution in [3.8, 4) is 0 Å². The molecule has 2 fully saturated rings. The van der Waals surface area contributed by atoms with Crippen LogP contribution in [0.1, 0.15) is 70.4 Å². The summed E-state index contributed by atoms with van der Waals surface area (Å²) in [6.45, 7) is 6.95. The van der Waals surface area contributed by atoms with Crippen molar-refractivity contribution in [3.63, 3.8) is 0 Å². The van der Waals surface area contributed by atoms with E-state index in [0.29, 0.717) is 11.8 Å². The smallest absolute Gasteiger partial charge is 0.239 e. The zero-order valence-corrected chi connectivity index (χ0v) is 21.9. The van der Waals surface area contributed by atoms with Crippen molar-refractivity contribution in [3.05, 3.63) is 77.9 Å². The van der Waals surface area contributed by atoms with Gasteiger partial charge in [0.05, 0.1) is 12.1 Å². The largest absolute Gasteiger partial charge is 0.385 e. The van der Waals surface area contributed by atoms with Gasteiger partial charge in [0.25, 0.3) is 0 Å². The van der Waals surface area contributed by atoms with Crippen LogP contribution in [0.25, 0.3) is 10.8 Å². The maximum absolute atomic E-state index is 12.7. The van der Waals surface area contributed by atoms with Crippen molar-refractivity contribution in [1.82, 2.24) is 5.32 Å². The molecule has 0 saturated heterocycles. The van der Waals surface area contributed by atoms with E-state index in [1.165, 1.54) is 10.9 Å². The fourth-order valence-corrected chi connectivity index (χ4v) is 6.14. The van der Waals surface area contributed by atoms with Crippen LogP contribution in [0.3, 0.4) is 0 Å². The van der Waals surface area contributed by atoms with E-state index in [9.17, 15) is 9.90 Å². The second-order valence-corrected chi connectivity index (χ2v) is 12.1. The lowest BCUT2D eigenvalue weighted by Gasteiger charge is -2.45. The molecule has 5 rings (SSSR count). The normalized spacial score (nSPS) is 26.3. The van der Waals surface area contributed by atoms with Gasteiger partial charge in [-0.15, -0.1) is 0 Å². The highest BCUT2D eigenvalue weighted by atomic mass is 16.3. The molecular weight excluding hydrogens is 444 g/mol. The Kier molecular flexibility index (Phi) is 6.82. The van der Waals surface area contributed by atoms with Crippen molar-refractivity contribution < 1.29 is 9.90 Å². The number of amides is 1. The summed E-state index contributed by atoms with van der Waals surface area (Å²) < 4.78 is 0. The highest BCUT2D eigenvalue weighted by Crippen LogP contribution is 2.46. The Morgan fingerprint density at radius 2 is 1.67 bits per heavy atom. The van der Waals surface area contributed by atoms with Crippen LogP contribution in [0, 0.1) is 11.8 Å². The first-order valence-corrected chi connectivity index (χ1v) is 13.6. The van der Waals surface area contributed by atoms with Gasteiger partial charge in [-0.2, -0.15) is 0 Å². The van der Waals surface area contributed by atoms with Crippen molar-refractivity contribution in [1.29, 1.82) is 0 Å². The first kappa shape index (κ1) is 24.8. The molecule has 2 aliphatic rings. The third-order valence-corrected chi connectivity index (χ3v) is 8.56. The van der Waals surface area contributed by atoms with Gasteiger partial charge in [0, 0.05) is 17.1 Å². The number of carbonyl (C=O) groups is 1. The molecule has 0 radical (unpaired) electrons. The Bertz CT molecular complexity index is 1200. The number of aliphatic hydroxyl groups is 1. The molecule has 0 unspecified atom stereocenters. The predicted molar refractivity (Wildman–Crippen MR) is 148 cm³/mol. The van der Waals surface area contributed by atoms with Crippen LogP contribution in [-0.4, -0.2) is 23.6 Å². The quantitative estimate of drug-likeness (QED) is 0.373. The number of carbonyl (C=O) groups excluding carboxylic acids is 1. The summed E-state index contributed by atoms with van der Waals surface area (Å²) in [7, 11) is 0. The zero-order chi connectivity index (χ0) is 25.3. The van der Waals surface area contributed by atoms with Gasteiger partial charge in [0.15, 0.2) is 0 Å². The summed E-state index contributed by atoms with van der Waals surface area (Å²) in [4.78, 5) is 12.7. The molecule has 2 saturated carbocycles. The minimum absolute atomic E-state index is 0.0597. The van der Waals surface area contributed by atoms with Gasteiger partial charge in [-0.3, -0.25) is 4.79 Å². The molecule has 0 spiro atoms. The third-order valence-electron chi connectivity index (χ3n) is 8.56. The molecule has 2 aliphatic carbocycles. The molecule has 4 heteroatoms. The van der Waals surface area contributed by atoms with E-state index in [0.717, 1.165) is 55.2 Å². The van der Waals surface area contributed by atoms with Crippen LogP contribution in [0.15, 0.2) is 66.7 Å². The fraction of sp³-hybridized carbons (Fsp3) is 0.469. The summed E-state index contributed by atoms with van der Waals surface area (Å²) in [6, 6.07) is 23.2. The summed E-state index contributed by atoms with van der Waals surface area (Å²) in [5, 5.41) is 20.1. The first-order valence-electron chi connectivity index (χ1n) is 13.6. The molecule has 0 heterocycles. The zero-order valence-electron chi connectivity index (χ0n) is 21.9. The van der Waals surface area contributed by atoms with Gasteiger partial charge < -0.3 is 15.7 Å². The Hall–Kier alpha value is -2.85. The maximum atomic E-state index is 12.7. The molecule has 3 N–H and O–H groups in total. The van der Waals surface area contributed by atoms with Gasteiger partial charge in [0.2, 0.25) is 5.91 Å². The molecule has 1 amide bonds. The second kappa shape index (κ2) is 9.89. The number of benzene rings is 3. The number of anilines is 1. The summed E-state index contributed by atoms with van der Waals surface area (Å²) in [5.41, 5.74) is 2.76. The van der Waals surface area contributed by atoms with Gasteiger partial charge in [-0.1, -0.05) is 75.4 Å². The van der Waals surface area contributed by atoms with Gasteiger partial charge in [-0.05, 0) is 84.4 Å². The molecule has 3 aromatic rings. The lowest BCUT2D eigenvalue weighted by atomic mass is 9.64. The average molecular weight is 485 g/mol. The number of hydrogen-bond acceptors (Lipinski definition) is 3. The molecule has 3 aromatic carbocycles. The standard InChI is InChI=1S/C32H40N2O2/c1-31(2,3)26-13-12-23-8-7-11-29(28(23)20-26)33-21-30(35)34-27-18-24(19-27)22-14-16-32(36,17-15-22)25-9-5-4-6-10-25/h4-13,20,22,24,27,33,36H,14-19,21H2,1-3H3,(H,34,35). The van der Waals surface area contributed by atoms with E-state index >= 15 is 0 Å². The van der Waals surface area contributed by atoms with Gasteiger partial charge >= 0.3 is 0 Å². The molecule has 0 atom stereocenters. The van der Waals surface area contributed by atoms with Crippen molar-refractivity contribution in [2.24, 2.45) is 11.8 Å². The van der Waals surface area contributed by atoms with Crippen LogP contribution in [-0.2, 0) is 15.8 Å². The predicted octanol–water partition coefficient (Wildman–Crippen LogP) is 6.52. The van der Waals surface area contributed by atoms with Crippen LogP contribution in [0.5, 0.6) is 0 Å². The summed E-state index contributed by atoms with van der Waals surface area (Å²) >= 11 is 0. The maximum Gasteiger partial charge on any atom is 0.239 e. The first-order chi connectivity index (χ1) is 17.2. The number of nitrogens with one attached hydrogen (secondary N) is 2. The van der Waals surface area contributed by atoms with Crippen molar-refractivity contribution in [2.75, 3.05) is 11.9 Å². The monoisotopic (exact) mass is 484 g/mol. The van der Waals surface area contributed by atoms with Crippen LogP contribution < -0.4 is 10.6 Å². The Morgan fingerprint density at radius 3 is 2.36 bits per heavy atom. The average Bonchev–Trinajstić information content (AvgIpc) is 2.85. The Balaban J connectivity index is 1.09. The fourth-order valence-electron chi connectivity index (χ4n) is 6.14.